The number of benzene rings is 1. The number of esters is 1. The molecule has 0 atom stereocenters. The first kappa shape index (κ1) is 18.4. The second-order valence-corrected chi connectivity index (χ2v) is 5.90. The third-order valence-electron chi connectivity index (χ3n) is 3.50. The molecule has 7 nitrogen and oxygen atoms in total. The first-order valence-electron chi connectivity index (χ1n) is 8.06. The summed E-state index contributed by atoms with van der Waals surface area (Å²) in [6.07, 6.45) is 3.80. The molecule has 0 unspecified atom stereocenters. The van der Waals surface area contributed by atoms with Crippen LogP contribution in [0.15, 0.2) is 36.7 Å². The maximum Gasteiger partial charge on any atom is 0.339 e. The zero-order valence-electron chi connectivity index (χ0n) is 14.6. The van der Waals surface area contributed by atoms with Gasteiger partial charge >= 0.3 is 5.97 Å². The minimum atomic E-state index is -0.454. The summed E-state index contributed by atoms with van der Waals surface area (Å²) in [4.78, 5) is 32.0. The second-order valence-electron chi connectivity index (χ2n) is 5.90. The van der Waals surface area contributed by atoms with Crippen molar-refractivity contribution in [3.63, 3.8) is 0 Å². The van der Waals surface area contributed by atoms with Crippen LogP contribution in [-0.4, -0.2) is 35.5 Å². The van der Waals surface area contributed by atoms with E-state index in [9.17, 15) is 9.59 Å². The largest absolute Gasteiger partial charge is 0.465 e. The number of rotatable bonds is 7. The summed E-state index contributed by atoms with van der Waals surface area (Å²) in [7, 11) is 1.32. The highest BCUT2D eigenvalue weighted by molar-refractivity contribution is 5.96. The zero-order valence-corrected chi connectivity index (χ0v) is 14.6. The van der Waals surface area contributed by atoms with Gasteiger partial charge in [0.05, 0.1) is 23.9 Å². The molecule has 0 saturated carbocycles. The molecule has 0 radical (unpaired) electrons. The van der Waals surface area contributed by atoms with Crippen molar-refractivity contribution >= 4 is 23.5 Å². The van der Waals surface area contributed by atoms with E-state index >= 15 is 0 Å². The SMILES string of the molecule is COC(=O)c1ccccc1Nc1ncc(C(=O)NCCC(C)C)cn1. The van der Waals surface area contributed by atoms with E-state index < -0.39 is 5.97 Å². The minimum absolute atomic E-state index is 0.206. The third-order valence-corrected chi connectivity index (χ3v) is 3.50. The molecule has 2 rings (SSSR count). The Kier molecular flexibility index (Phi) is 6.45. The summed E-state index contributed by atoms with van der Waals surface area (Å²) in [6.45, 7) is 4.81. The van der Waals surface area contributed by atoms with E-state index in [4.69, 9.17) is 4.74 Å². The highest BCUT2D eigenvalue weighted by Crippen LogP contribution is 2.19. The van der Waals surface area contributed by atoms with Gasteiger partial charge in [-0.1, -0.05) is 26.0 Å². The van der Waals surface area contributed by atoms with Gasteiger partial charge in [0, 0.05) is 18.9 Å². The summed E-state index contributed by atoms with van der Waals surface area (Å²) in [5, 5.41) is 5.79. The number of aromatic nitrogens is 2. The molecule has 2 N–H and O–H groups in total. The van der Waals surface area contributed by atoms with Gasteiger partial charge in [0.2, 0.25) is 5.95 Å². The van der Waals surface area contributed by atoms with Crippen LogP contribution in [0.4, 0.5) is 11.6 Å². The lowest BCUT2D eigenvalue weighted by Gasteiger charge is -2.10. The van der Waals surface area contributed by atoms with Gasteiger partial charge < -0.3 is 15.4 Å². The van der Waals surface area contributed by atoms with Crippen LogP contribution in [0.2, 0.25) is 0 Å². The van der Waals surface area contributed by atoms with Crippen molar-refractivity contribution in [1.29, 1.82) is 0 Å². The summed E-state index contributed by atoms with van der Waals surface area (Å²) >= 11 is 0. The standard InChI is InChI=1S/C18H22N4O3/c1-12(2)8-9-19-16(23)13-10-20-18(21-11-13)22-15-7-5-4-6-14(15)17(24)25-3/h4-7,10-12H,8-9H2,1-3H3,(H,19,23)(H,20,21,22). The van der Waals surface area contributed by atoms with Crippen molar-refractivity contribution in [1.82, 2.24) is 15.3 Å². The summed E-state index contributed by atoms with van der Waals surface area (Å²) in [5.74, 6) is 0.152. The number of nitrogens with one attached hydrogen (secondary N) is 2. The molecule has 25 heavy (non-hydrogen) atoms. The zero-order chi connectivity index (χ0) is 18.2. The predicted octanol–water partition coefficient (Wildman–Crippen LogP) is 2.78. The molecular weight excluding hydrogens is 320 g/mol. The van der Waals surface area contributed by atoms with E-state index in [1.165, 1.54) is 19.5 Å². The van der Waals surface area contributed by atoms with Gasteiger partial charge in [-0.15, -0.1) is 0 Å². The molecule has 1 heterocycles. The maximum absolute atomic E-state index is 12.0. The quantitative estimate of drug-likeness (QED) is 0.752. The molecule has 2 aromatic rings. The lowest BCUT2D eigenvalue weighted by atomic mass is 10.1. The number of nitrogens with zero attached hydrogens (tertiary/aromatic N) is 2. The molecule has 0 aliphatic rings. The van der Waals surface area contributed by atoms with Gasteiger partial charge in [-0.25, -0.2) is 14.8 Å². The van der Waals surface area contributed by atoms with Gasteiger partial charge in [-0.05, 0) is 24.5 Å². The van der Waals surface area contributed by atoms with Crippen molar-refractivity contribution in [3.8, 4) is 0 Å². The van der Waals surface area contributed by atoms with Crippen molar-refractivity contribution < 1.29 is 14.3 Å². The molecule has 1 aromatic carbocycles. The Morgan fingerprint density at radius 2 is 1.84 bits per heavy atom. The number of para-hydroxylation sites is 1. The number of hydrogen-bond acceptors (Lipinski definition) is 6. The molecule has 7 heteroatoms. The molecule has 0 saturated heterocycles. The fraction of sp³-hybridized carbons (Fsp3) is 0.333. The highest BCUT2D eigenvalue weighted by Gasteiger charge is 2.12. The Morgan fingerprint density at radius 3 is 2.48 bits per heavy atom. The Balaban J connectivity index is 2.04. The Labute approximate surface area is 146 Å². The maximum atomic E-state index is 12.0. The van der Waals surface area contributed by atoms with Crippen LogP contribution in [0.1, 0.15) is 41.0 Å². The molecule has 1 amide bonds. The molecule has 0 bridgehead atoms. The fourth-order valence-electron chi connectivity index (χ4n) is 2.09. The Hall–Kier alpha value is -2.96. The number of carbonyl (C=O) groups is 2. The summed E-state index contributed by atoms with van der Waals surface area (Å²) < 4.78 is 4.75. The van der Waals surface area contributed by atoms with E-state index in [-0.39, 0.29) is 11.9 Å². The predicted molar refractivity (Wildman–Crippen MR) is 94.9 cm³/mol. The molecule has 132 valence electrons. The fourth-order valence-corrected chi connectivity index (χ4v) is 2.09. The van der Waals surface area contributed by atoms with E-state index in [0.717, 1.165) is 6.42 Å². The van der Waals surface area contributed by atoms with Crippen LogP contribution in [-0.2, 0) is 4.74 Å². The van der Waals surface area contributed by atoms with Gasteiger partial charge in [-0.3, -0.25) is 4.79 Å². The summed E-state index contributed by atoms with van der Waals surface area (Å²) in [5.41, 5.74) is 1.29. The average Bonchev–Trinajstić information content (AvgIpc) is 2.61. The molecule has 0 aliphatic carbocycles. The number of anilines is 2. The summed E-state index contributed by atoms with van der Waals surface area (Å²) in [6, 6.07) is 6.89. The minimum Gasteiger partial charge on any atom is -0.465 e. The number of carbonyl (C=O) groups excluding carboxylic acids is 2. The second kappa shape index (κ2) is 8.77. The average molecular weight is 342 g/mol. The molecular formula is C18H22N4O3. The molecule has 1 aromatic heterocycles. The van der Waals surface area contributed by atoms with Crippen LogP contribution < -0.4 is 10.6 Å². The van der Waals surface area contributed by atoms with Gasteiger partial charge in [0.25, 0.3) is 5.91 Å². The molecule has 0 spiro atoms. The number of hydrogen-bond donors (Lipinski definition) is 2. The molecule has 0 aliphatic heterocycles. The van der Waals surface area contributed by atoms with Crippen molar-refractivity contribution in [2.45, 2.75) is 20.3 Å². The molecule has 0 fully saturated rings. The monoisotopic (exact) mass is 342 g/mol. The van der Waals surface area contributed by atoms with Crippen molar-refractivity contribution in [2.24, 2.45) is 5.92 Å². The number of ether oxygens (including phenoxy) is 1. The van der Waals surface area contributed by atoms with Crippen molar-refractivity contribution in [2.75, 3.05) is 19.0 Å². The third kappa shape index (κ3) is 5.27. The van der Waals surface area contributed by atoms with E-state index in [1.54, 1.807) is 24.3 Å². The van der Waals surface area contributed by atoms with E-state index in [0.29, 0.717) is 29.3 Å². The van der Waals surface area contributed by atoms with Crippen molar-refractivity contribution in [3.05, 3.63) is 47.8 Å². The Morgan fingerprint density at radius 1 is 1.16 bits per heavy atom. The number of methoxy groups -OCH3 is 1. The normalized spacial score (nSPS) is 10.4. The lowest BCUT2D eigenvalue weighted by molar-refractivity contribution is 0.0601. The van der Waals surface area contributed by atoms with E-state index in [1.807, 2.05) is 0 Å². The lowest BCUT2D eigenvalue weighted by Crippen LogP contribution is -2.25. The number of amides is 1. The van der Waals surface area contributed by atoms with Crippen LogP contribution in [0.25, 0.3) is 0 Å². The van der Waals surface area contributed by atoms with Crippen LogP contribution in [0.5, 0.6) is 0 Å². The first-order valence-corrected chi connectivity index (χ1v) is 8.06. The first-order chi connectivity index (χ1) is 12.0. The highest BCUT2D eigenvalue weighted by atomic mass is 16.5. The van der Waals surface area contributed by atoms with Crippen LogP contribution in [0, 0.1) is 5.92 Å². The van der Waals surface area contributed by atoms with Gasteiger partial charge in [0.1, 0.15) is 0 Å². The van der Waals surface area contributed by atoms with Gasteiger partial charge in [0.15, 0.2) is 0 Å². The Bertz CT molecular complexity index is 729. The van der Waals surface area contributed by atoms with Gasteiger partial charge in [-0.2, -0.15) is 0 Å². The van der Waals surface area contributed by atoms with Crippen LogP contribution in [0.3, 0.4) is 0 Å². The topological polar surface area (TPSA) is 93.2 Å². The van der Waals surface area contributed by atoms with Crippen LogP contribution >= 0.6 is 0 Å². The van der Waals surface area contributed by atoms with E-state index in [2.05, 4.69) is 34.4 Å². The smallest absolute Gasteiger partial charge is 0.339 e.